The van der Waals surface area contributed by atoms with Gasteiger partial charge in [-0.05, 0) is 24.6 Å². The molecular weight excluding hydrogens is 238 g/mol. The Morgan fingerprint density at radius 1 is 1.00 bits per heavy atom. The zero-order valence-corrected chi connectivity index (χ0v) is 10.7. The highest BCUT2D eigenvalue weighted by Gasteiger charge is 2.14. The number of ether oxygens (including phenoxy) is 1. The van der Waals surface area contributed by atoms with Gasteiger partial charge >= 0.3 is 6.09 Å². The Kier molecular flexibility index (Phi) is 4.56. The molecule has 0 saturated heterocycles. The Labute approximate surface area is 113 Å². The third-order valence-electron chi connectivity index (χ3n) is 2.72. The van der Waals surface area contributed by atoms with E-state index in [9.17, 15) is 4.79 Å². The van der Waals surface area contributed by atoms with Gasteiger partial charge in [0.25, 0.3) is 0 Å². The summed E-state index contributed by atoms with van der Waals surface area (Å²) in [6, 6.07) is 19.0. The lowest BCUT2D eigenvalue weighted by molar-refractivity contribution is 0.147. The third-order valence-corrected chi connectivity index (χ3v) is 2.72. The first-order valence-corrected chi connectivity index (χ1v) is 6.14. The van der Waals surface area contributed by atoms with Crippen LogP contribution in [0.25, 0.3) is 0 Å². The van der Waals surface area contributed by atoms with Gasteiger partial charge in [-0.2, -0.15) is 0 Å². The molecule has 0 spiro atoms. The summed E-state index contributed by atoms with van der Waals surface area (Å²) in [4.78, 5) is 13.5. The van der Waals surface area contributed by atoms with Gasteiger partial charge in [-0.1, -0.05) is 48.5 Å². The molecule has 0 unspecified atom stereocenters. The molecule has 0 aromatic heterocycles. The molecule has 19 heavy (non-hydrogen) atoms. The van der Waals surface area contributed by atoms with Gasteiger partial charge < -0.3 is 4.74 Å². The molecule has 1 amide bonds. The van der Waals surface area contributed by atoms with Gasteiger partial charge in [0.05, 0.1) is 0 Å². The Balaban J connectivity index is 1.98. The van der Waals surface area contributed by atoms with Crippen LogP contribution in [0.15, 0.2) is 60.7 Å². The number of benzene rings is 2. The monoisotopic (exact) mass is 254 g/mol. The normalized spacial score (nSPS) is 9.95. The summed E-state index contributed by atoms with van der Waals surface area (Å²) in [6.45, 7) is 4.36. The second-order valence-electron chi connectivity index (χ2n) is 4.03. The van der Waals surface area contributed by atoms with Crippen molar-refractivity contribution >= 4 is 11.8 Å². The molecule has 0 N–H and O–H groups in total. The minimum Gasteiger partial charge on any atom is -0.444 e. The zero-order chi connectivity index (χ0) is 13.5. The van der Waals surface area contributed by atoms with Crippen molar-refractivity contribution in [3.63, 3.8) is 0 Å². The van der Waals surface area contributed by atoms with Gasteiger partial charge in [-0.15, -0.1) is 0 Å². The molecule has 0 heterocycles. The molecule has 1 radical (unpaired) electrons. The van der Waals surface area contributed by atoms with E-state index >= 15 is 0 Å². The van der Waals surface area contributed by atoms with Gasteiger partial charge in [0.2, 0.25) is 0 Å². The highest BCUT2D eigenvalue weighted by molar-refractivity contribution is 5.87. The minimum atomic E-state index is -0.384. The Morgan fingerprint density at radius 2 is 1.58 bits per heavy atom. The summed E-state index contributed by atoms with van der Waals surface area (Å²) in [5, 5.41) is 0. The van der Waals surface area contributed by atoms with Crippen LogP contribution < -0.4 is 4.90 Å². The zero-order valence-electron chi connectivity index (χ0n) is 10.7. The van der Waals surface area contributed by atoms with E-state index in [1.54, 1.807) is 0 Å². The Morgan fingerprint density at radius 3 is 2.16 bits per heavy atom. The summed E-state index contributed by atoms with van der Waals surface area (Å²) in [5.74, 6) is 0. The van der Waals surface area contributed by atoms with Gasteiger partial charge in [0, 0.05) is 12.2 Å². The molecule has 3 heteroatoms. The molecule has 0 saturated carbocycles. The maximum absolute atomic E-state index is 12.0. The number of para-hydroxylation sites is 1. The van der Waals surface area contributed by atoms with E-state index in [1.165, 1.54) is 4.90 Å². The maximum Gasteiger partial charge on any atom is 0.414 e. The van der Waals surface area contributed by atoms with Crippen molar-refractivity contribution in [1.29, 1.82) is 0 Å². The molecule has 3 nitrogen and oxygen atoms in total. The number of amides is 1. The largest absolute Gasteiger partial charge is 0.444 e. The highest BCUT2D eigenvalue weighted by atomic mass is 16.6. The van der Waals surface area contributed by atoms with E-state index in [-0.39, 0.29) is 12.7 Å². The summed E-state index contributed by atoms with van der Waals surface area (Å²) in [6.07, 6.45) is -0.384. The number of anilines is 1. The predicted octanol–water partition coefficient (Wildman–Crippen LogP) is 3.66. The fourth-order valence-corrected chi connectivity index (χ4v) is 1.73. The van der Waals surface area contributed by atoms with Crippen LogP contribution in [-0.2, 0) is 11.3 Å². The van der Waals surface area contributed by atoms with Gasteiger partial charge in [-0.25, -0.2) is 4.79 Å². The molecule has 0 aliphatic carbocycles. The summed E-state index contributed by atoms with van der Waals surface area (Å²) in [5.41, 5.74) is 1.75. The second kappa shape index (κ2) is 6.59. The first-order valence-electron chi connectivity index (χ1n) is 6.14. The van der Waals surface area contributed by atoms with E-state index in [0.717, 1.165) is 11.3 Å². The van der Waals surface area contributed by atoms with Crippen molar-refractivity contribution < 1.29 is 9.53 Å². The fraction of sp³-hybridized carbons (Fsp3) is 0.125. The van der Waals surface area contributed by atoms with Gasteiger partial charge in [0.15, 0.2) is 0 Å². The number of carbonyl (C=O) groups excluding carboxylic acids is 1. The molecule has 0 aliphatic heterocycles. The number of rotatable bonds is 4. The van der Waals surface area contributed by atoms with E-state index in [1.807, 2.05) is 60.7 Å². The molecule has 0 aliphatic rings. The minimum absolute atomic E-state index is 0.267. The van der Waals surface area contributed by atoms with Crippen LogP contribution in [0.1, 0.15) is 5.56 Å². The first-order chi connectivity index (χ1) is 9.31. The van der Waals surface area contributed by atoms with Crippen LogP contribution in [0.4, 0.5) is 10.5 Å². The average Bonchev–Trinajstić information content (AvgIpc) is 2.48. The number of nitrogens with zero attached hydrogens (tertiary/aromatic N) is 1. The molecule has 2 rings (SSSR count). The molecular formula is C16H16NO2. The van der Waals surface area contributed by atoms with Crippen LogP contribution in [0.5, 0.6) is 0 Å². The summed E-state index contributed by atoms with van der Waals surface area (Å²) >= 11 is 0. The SMILES string of the molecule is [CH2]CN(C(=O)OCc1ccccc1)c1ccccc1. The highest BCUT2D eigenvalue weighted by Crippen LogP contribution is 2.14. The Bertz CT molecular complexity index is 511. The van der Waals surface area contributed by atoms with Crippen molar-refractivity contribution in [2.45, 2.75) is 6.61 Å². The van der Waals surface area contributed by atoms with Crippen molar-refractivity contribution in [3.8, 4) is 0 Å². The molecule has 2 aromatic carbocycles. The molecule has 0 fully saturated rings. The van der Waals surface area contributed by atoms with Gasteiger partial charge in [0.1, 0.15) is 6.61 Å². The molecule has 0 bridgehead atoms. The van der Waals surface area contributed by atoms with E-state index < -0.39 is 0 Å². The van der Waals surface area contributed by atoms with Crippen LogP contribution in [-0.4, -0.2) is 12.6 Å². The number of carbonyl (C=O) groups is 1. The molecule has 97 valence electrons. The molecule has 2 aromatic rings. The average molecular weight is 254 g/mol. The lowest BCUT2D eigenvalue weighted by atomic mass is 10.2. The van der Waals surface area contributed by atoms with E-state index in [0.29, 0.717) is 6.54 Å². The summed E-state index contributed by atoms with van der Waals surface area (Å²) < 4.78 is 5.28. The lowest BCUT2D eigenvalue weighted by Gasteiger charge is -2.20. The third kappa shape index (κ3) is 3.58. The van der Waals surface area contributed by atoms with Crippen LogP contribution >= 0.6 is 0 Å². The maximum atomic E-state index is 12.0. The lowest BCUT2D eigenvalue weighted by Crippen LogP contribution is -2.31. The van der Waals surface area contributed by atoms with Crippen LogP contribution in [0, 0.1) is 6.92 Å². The van der Waals surface area contributed by atoms with E-state index in [4.69, 9.17) is 4.74 Å². The van der Waals surface area contributed by atoms with Gasteiger partial charge in [-0.3, -0.25) is 4.90 Å². The quantitative estimate of drug-likeness (QED) is 0.833. The topological polar surface area (TPSA) is 29.5 Å². The van der Waals surface area contributed by atoms with E-state index in [2.05, 4.69) is 6.92 Å². The second-order valence-corrected chi connectivity index (χ2v) is 4.03. The van der Waals surface area contributed by atoms with Crippen LogP contribution in [0.2, 0.25) is 0 Å². The van der Waals surface area contributed by atoms with Crippen molar-refractivity contribution in [1.82, 2.24) is 0 Å². The Hall–Kier alpha value is -2.29. The van der Waals surface area contributed by atoms with Crippen molar-refractivity contribution in [2.24, 2.45) is 0 Å². The standard InChI is InChI=1S/C16H16NO2/c1-2-17(15-11-7-4-8-12-15)16(18)19-13-14-9-5-3-6-10-14/h3-12H,1-2,13H2. The van der Waals surface area contributed by atoms with Crippen molar-refractivity contribution in [3.05, 3.63) is 73.2 Å². The predicted molar refractivity (Wildman–Crippen MR) is 75.8 cm³/mol. The smallest absolute Gasteiger partial charge is 0.414 e. The molecule has 0 atom stereocenters. The number of hydrogen-bond acceptors (Lipinski definition) is 2. The fourth-order valence-electron chi connectivity index (χ4n) is 1.73. The number of hydrogen-bond donors (Lipinski definition) is 0. The van der Waals surface area contributed by atoms with Crippen molar-refractivity contribution in [2.75, 3.05) is 11.4 Å². The summed E-state index contributed by atoms with van der Waals surface area (Å²) in [7, 11) is 0. The first kappa shape index (κ1) is 13.1. The van der Waals surface area contributed by atoms with Crippen LogP contribution in [0.3, 0.4) is 0 Å².